The molecule has 0 amide bonds. The van der Waals surface area contributed by atoms with Gasteiger partial charge < -0.3 is 15.5 Å². The molecule has 24 heavy (non-hydrogen) atoms. The minimum Gasteiger partial charge on any atom is -0.357 e. The molecule has 0 aliphatic rings. The van der Waals surface area contributed by atoms with Gasteiger partial charge >= 0.3 is 0 Å². The predicted octanol–water partition coefficient (Wildman–Crippen LogP) is 3.87. The van der Waals surface area contributed by atoms with Crippen molar-refractivity contribution >= 4 is 29.9 Å². The molecule has 0 spiro atoms. The van der Waals surface area contributed by atoms with E-state index in [4.69, 9.17) is 0 Å². The molecule has 0 saturated carbocycles. The number of aliphatic imine (C=N–C) groups is 1. The van der Waals surface area contributed by atoms with Gasteiger partial charge in [-0.25, -0.2) is 4.99 Å². The van der Waals surface area contributed by atoms with Gasteiger partial charge in [0, 0.05) is 12.6 Å². The summed E-state index contributed by atoms with van der Waals surface area (Å²) in [5, 5.41) is 6.85. The molecule has 0 radical (unpaired) electrons. The van der Waals surface area contributed by atoms with E-state index in [-0.39, 0.29) is 24.0 Å². The van der Waals surface area contributed by atoms with Crippen LogP contribution in [-0.4, -0.2) is 43.1 Å². The Hall–Kier alpha value is -0.820. The Morgan fingerprint density at radius 2 is 1.79 bits per heavy atom. The molecule has 1 aromatic carbocycles. The van der Waals surface area contributed by atoms with Crippen molar-refractivity contribution in [3.05, 3.63) is 35.9 Å². The van der Waals surface area contributed by atoms with Crippen LogP contribution in [0.25, 0.3) is 0 Å². The van der Waals surface area contributed by atoms with Crippen molar-refractivity contribution in [2.24, 2.45) is 4.99 Å². The van der Waals surface area contributed by atoms with Crippen molar-refractivity contribution in [3.8, 4) is 0 Å². The van der Waals surface area contributed by atoms with Gasteiger partial charge in [-0.3, -0.25) is 0 Å². The van der Waals surface area contributed by atoms with Crippen molar-refractivity contribution in [3.63, 3.8) is 0 Å². The van der Waals surface area contributed by atoms with Crippen LogP contribution in [0.3, 0.4) is 0 Å². The first-order chi connectivity index (χ1) is 11.2. The molecule has 1 aromatic rings. The lowest BCUT2D eigenvalue weighted by Crippen LogP contribution is -2.42. The van der Waals surface area contributed by atoms with Crippen LogP contribution < -0.4 is 10.6 Å². The lowest BCUT2D eigenvalue weighted by atomic mass is 10.2. The van der Waals surface area contributed by atoms with Gasteiger partial charge in [0.2, 0.25) is 0 Å². The lowest BCUT2D eigenvalue weighted by molar-refractivity contribution is 0.292. The number of hydrogen-bond acceptors (Lipinski definition) is 2. The van der Waals surface area contributed by atoms with E-state index in [1.54, 1.807) is 0 Å². The summed E-state index contributed by atoms with van der Waals surface area (Å²) < 4.78 is 0. The predicted molar refractivity (Wildman–Crippen MR) is 116 cm³/mol. The first kappa shape index (κ1) is 23.2. The average molecular weight is 446 g/mol. The summed E-state index contributed by atoms with van der Waals surface area (Å²) in [4.78, 5) is 7.16. The first-order valence-corrected chi connectivity index (χ1v) is 9.00. The van der Waals surface area contributed by atoms with Gasteiger partial charge in [0.05, 0.1) is 6.54 Å². The van der Waals surface area contributed by atoms with Gasteiger partial charge in [-0.05, 0) is 51.9 Å². The number of hydrogen-bond donors (Lipinski definition) is 2. The fourth-order valence-corrected chi connectivity index (χ4v) is 2.54. The summed E-state index contributed by atoms with van der Waals surface area (Å²) in [6.45, 7) is 13.8. The zero-order valence-electron chi connectivity index (χ0n) is 15.7. The minimum atomic E-state index is 0. The van der Waals surface area contributed by atoms with Gasteiger partial charge in [0.15, 0.2) is 5.96 Å². The molecule has 138 valence electrons. The van der Waals surface area contributed by atoms with Crippen LogP contribution in [0.2, 0.25) is 0 Å². The fourth-order valence-electron chi connectivity index (χ4n) is 2.54. The van der Waals surface area contributed by atoms with Crippen molar-refractivity contribution in [2.45, 2.75) is 53.1 Å². The number of nitrogens with one attached hydrogen (secondary N) is 2. The van der Waals surface area contributed by atoms with Gasteiger partial charge in [-0.2, -0.15) is 0 Å². The Morgan fingerprint density at radius 1 is 1.12 bits per heavy atom. The van der Waals surface area contributed by atoms with Crippen LogP contribution in [0, 0.1) is 0 Å². The highest BCUT2D eigenvalue weighted by atomic mass is 127. The van der Waals surface area contributed by atoms with Crippen LogP contribution in [0.15, 0.2) is 35.3 Å². The van der Waals surface area contributed by atoms with Gasteiger partial charge in [-0.1, -0.05) is 44.2 Å². The quantitative estimate of drug-likeness (QED) is 0.326. The number of guanidine groups is 1. The summed E-state index contributed by atoms with van der Waals surface area (Å²) in [5.74, 6) is 0.909. The molecule has 1 atom stereocenters. The molecule has 1 rings (SSSR count). The Labute approximate surface area is 165 Å². The lowest BCUT2D eigenvalue weighted by Gasteiger charge is -2.21. The molecule has 0 saturated heterocycles. The Balaban J connectivity index is 0.00000529. The summed E-state index contributed by atoms with van der Waals surface area (Å²) in [6.07, 6.45) is 2.38. The summed E-state index contributed by atoms with van der Waals surface area (Å²) in [5.41, 5.74) is 1.24. The summed E-state index contributed by atoms with van der Waals surface area (Å²) >= 11 is 0. The maximum atomic E-state index is 4.68. The van der Waals surface area contributed by atoms with E-state index in [0.29, 0.717) is 12.6 Å². The van der Waals surface area contributed by atoms with Crippen LogP contribution in [0.1, 0.15) is 46.1 Å². The maximum absolute atomic E-state index is 4.68. The molecule has 0 bridgehead atoms. The molecule has 0 aromatic heterocycles. The van der Waals surface area contributed by atoms with Crippen LogP contribution >= 0.6 is 24.0 Å². The standard InChI is InChI=1S/C19H34N4.HI/c1-5-20-19(21-16-18-13-9-8-10-14-18)22-17(4)12-11-15-23(6-2)7-3;/h8-10,13-14,17H,5-7,11-12,15-16H2,1-4H3,(H2,20,21,22);1H. The zero-order chi connectivity index (χ0) is 16.9. The molecule has 0 aliphatic heterocycles. The van der Waals surface area contributed by atoms with Gasteiger partial charge in [0.1, 0.15) is 0 Å². The normalized spacial score (nSPS) is 12.6. The Kier molecular flexibility index (Phi) is 14.0. The number of rotatable bonds is 10. The Morgan fingerprint density at radius 3 is 2.38 bits per heavy atom. The van der Waals surface area contributed by atoms with Crippen LogP contribution in [0.5, 0.6) is 0 Å². The molecule has 4 nitrogen and oxygen atoms in total. The van der Waals surface area contributed by atoms with E-state index in [2.05, 4.69) is 72.5 Å². The van der Waals surface area contributed by atoms with Crippen molar-refractivity contribution in [1.29, 1.82) is 0 Å². The highest BCUT2D eigenvalue weighted by molar-refractivity contribution is 14.0. The monoisotopic (exact) mass is 446 g/mol. The molecular weight excluding hydrogens is 411 g/mol. The zero-order valence-corrected chi connectivity index (χ0v) is 18.0. The van der Waals surface area contributed by atoms with Gasteiger partial charge in [-0.15, -0.1) is 24.0 Å². The second-order valence-corrected chi connectivity index (χ2v) is 5.90. The largest absolute Gasteiger partial charge is 0.357 e. The van der Waals surface area contributed by atoms with Crippen molar-refractivity contribution < 1.29 is 0 Å². The second-order valence-electron chi connectivity index (χ2n) is 5.90. The fraction of sp³-hybridized carbons (Fsp3) is 0.632. The van der Waals surface area contributed by atoms with E-state index in [9.17, 15) is 0 Å². The van der Waals surface area contributed by atoms with Crippen molar-refractivity contribution in [2.75, 3.05) is 26.2 Å². The molecule has 2 N–H and O–H groups in total. The van der Waals surface area contributed by atoms with Crippen LogP contribution in [0.4, 0.5) is 0 Å². The van der Waals surface area contributed by atoms with Gasteiger partial charge in [0.25, 0.3) is 0 Å². The summed E-state index contributed by atoms with van der Waals surface area (Å²) in [7, 11) is 0. The third-order valence-electron chi connectivity index (χ3n) is 4.00. The third-order valence-corrected chi connectivity index (χ3v) is 4.00. The third kappa shape index (κ3) is 10.1. The smallest absolute Gasteiger partial charge is 0.191 e. The second kappa shape index (κ2) is 14.5. The molecule has 1 unspecified atom stereocenters. The molecule has 0 heterocycles. The summed E-state index contributed by atoms with van der Waals surface area (Å²) in [6, 6.07) is 10.8. The molecule has 5 heteroatoms. The minimum absolute atomic E-state index is 0. The number of halogens is 1. The average Bonchev–Trinajstić information content (AvgIpc) is 2.58. The topological polar surface area (TPSA) is 39.7 Å². The first-order valence-electron chi connectivity index (χ1n) is 9.00. The highest BCUT2D eigenvalue weighted by Gasteiger charge is 2.06. The molecule has 0 fully saturated rings. The van der Waals surface area contributed by atoms with E-state index in [1.165, 1.54) is 18.5 Å². The number of benzene rings is 1. The van der Waals surface area contributed by atoms with E-state index in [0.717, 1.165) is 32.0 Å². The van der Waals surface area contributed by atoms with E-state index in [1.807, 2.05) is 6.07 Å². The van der Waals surface area contributed by atoms with Crippen molar-refractivity contribution in [1.82, 2.24) is 15.5 Å². The molecule has 0 aliphatic carbocycles. The maximum Gasteiger partial charge on any atom is 0.191 e. The SMILES string of the molecule is CCNC(=NCc1ccccc1)NC(C)CCCN(CC)CC.I. The molecular formula is C19H35IN4. The van der Waals surface area contributed by atoms with E-state index >= 15 is 0 Å². The number of nitrogens with zero attached hydrogens (tertiary/aromatic N) is 2. The Bertz CT molecular complexity index is 432. The van der Waals surface area contributed by atoms with E-state index < -0.39 is 0 Å². The highest BCUT2D eigenvalue weighted by Crippen LogP contribution is 2.02. The van der Waals surface area contributed by atoms with Crippen LogP contribution in [-0.2, 0) is 6.54 Å².